The maximum Gasteiger partial charge on any atom is 0.264 e. The lowest BCUT2D eigenvalue weighted by Gasteiger charge is -2.30. The first kappa shape index (κ1) is 19.5. The number of halogens is 1. The summed E-state index contributed by atoms with van der Waals surface area (Å²) in [5, 5.41) is 3.10. The maximum atomic E-state index is 13.2. The molecule has 7 heteroatoms. The number of aryl methyl sites for hydroxylation is 1. The summed E-state index contributed by atoms with van der Waals surface area (Å²) in [6.07, 6.45) is 1.65. The van der Waals surface area contributed by atoms with Crippen LogP contribution in [0.2, 0.25) is 5.02 Å². The van der Waals surface area contributed by atoms with Crippen LogP contribution in [0.15, 0.2) is 77.7 Å². The Hall–Kier alpha value is -2.83. The van der Waals surface area contributed by atoms with Crippen molar-refractivity contribution in [2.75, 3.05) is 16.2 Å². The Labute approximate surface area is 175 Å². The molecule has 3 aromatic carbocycles. The first-order chi connectivity index (χ1) is 14.0. The zero-order chi connectivity index (χ0) is 20.4. The molecule has 29 heavy (non-hydrogen) atoms. The number of carbonyl (C=O) groups is 1. The quantitative estimate of drug-likeness (QED) is 0.655. The van der Waals surface area contributed by atoms with Gasteiger partial charge in [-0.2, -0.15) is 0 Å². The molecule has 0 fully saturated rings. The van der Waals surface area contributed by atoms with Gasteiger partial charge in [0.1, 0.15) is 0 Å². The molecule has 0 aliphatic carbocycles. The smallest absolute Gasteiger partial charge is 0.264 e. The molecule has 0 bridgehead atoms. The molecule has 1 aliphatic rings. The molecule has 0 aromatic heterocycles. The number of nitrogens with zero attached hydrogens (tertiary/aromatic N) is 1. The lowest BCUT2D eigenvalue weighted by molar-refractivity contribution is 0.102. The number of fused-ring (bicyclic) bond motifs is 1. The second kappa shape index (κ2) is 7.89. The van der Waals surface area contributed by atoms with Gasteiger partial charge in [0.05, 0.1) is 21.2 Å². The molecule has 148 valence electrons. The lowest BCUT2D eigenvalue weighted by atomic mass is 10.0. The van der Waals surface area contributed by atoms with E-state index in [0.29, 0.717) is 22.8 Å². The van der Waals surface area contributed by atoms with Gasteiger partial charge in [0.25, 0.3) is 15.9 Å². The Morgan fingerprint density at radius 3 is 2.38 bits per heavy atom. The minimum atomic E-state index is -3.68. The van der Waals surface area contributed by atoms with Gasteiger partial charge in [-0.1, -0.05) is 41.9 Å². The largest absolute Gasteiger partial charge is 0.322 e. The van der Waals surface area contributed by atoms with Crippen molar-refractivity contribution in [1.29, 1.82) is 0 Å². The number of anilines is 2. The van der Waals surface area contributed by atoms with E-state index in [2.05, 4.69) is 5.32 Å². The molecule has 4 rings (SSSR count). The molecule has 1 N–H and O–H groups in total. The van der Waals surface area contributed by atoms with E-state index < -0.39 is 10.0 Å². The molecule has 0 saturated heterocycles. The van der Waals surface area contributed by atoms with Crippen LogP contribution in [0.5, 0.6) is 0 Å². The summed E-state index contributed by atoms with van der Waals surface area (Å²) in [6.45, 7) is 0.449. The molecule has 1 amide bonds. The average molecular weight is 427 g/mol. The van der Waals surface area contributed by atoms with Crippen LogP contribution in [-0.2, 0) is 16.4 Å². The highest BCUT2D eigenvalue weighted by Gasteiger charge is 2.28. The average Bonchev–Trinajstić information content (AvgIpc) is 2.74. The van der Waals surface area contributed by atoms with Gasteiger partial charge >= 0.3 is 0 Å². The minimum Gasteiger partial charge on any atom is -0.322 e. The summed E-state index contributed by atoms with van der Waals surface area (Å²) in [4.78, 5) is 12.6. The summed E-state index contributed by atoms with van der Waals surface area (Å²) >= 11 is 6.05. The van der Waals surface area contributed by atoms with Crippen LogP contribution in [-0.4, -0.2) is 20.9 Å². The van der Waals surface area contributed by atoms with Gasteiger partial charge in [-0.25, -0.2) is 8.42 Å². The van der Waals surface area contributed by atoms with Crippen LogP contribution in [0, 0.1) is 0 Å². The van der Waals surface area contributed by atoms with Crippen molar-refractivity contribution in [3.8, 4) is 0 Å². The molecule has 3 aromatic rings. The molecule has 0 saturated carbocycles. The zero-order valence-electron chi connectivity index (χ0n) is 15.5. The Bertz CT molecular complexity index is 1160. The van der Waals surface area contributed by atoms with Crippen LogP contribution >= 0.6 is 11.6 Å². The van der Waals surface area contributed by atoms with E-state index in [4.69, 9.17) is 11.6 Å². The van der Waals surface area contributed by atoms with E-state index in [0.717, 1.165) is 24.1 Å². The third-order valence-corrected chi connectivity index (χ3v) is 7.04. The molecule has 5 nitrogen and oxygen atoms in total. The van der Waals surface area contributed by atoms with Crippen LogP contribution in [0.25, 0.3) is 0 Å². The summed E-state index contributed by atoms with van der Waals surface area (Å²) in [7, 11) is -3.68. The van der Waals surface area contributed by atoms with Crippen molar-refractivity contribution in [2.24, 2.45) is 0 Å². The SMILES string of the molecule is O=C(Nc1ccc(S(=O)(=O)N2CCCc3ccccc32)cc1)c1ccccc1Cl. The number of hydrogen-bond donors (Lipinski definition) is 1. The Morgan fingerprint density at radius 2 is 1.62 bits per heavy atom. The third kappa shape index (κ3) is 3.86. The molecule has 0 spiro atoms. The summed E-state index contributed by atoms with van der Waals surface area (Å²) < 4.78 is 27.8. The van der Waals surface area contributed by atoms with Crippen LogP contribution < -0.4 is 9.62 Å². The Kier molecular flexibility index (Phi) is 5.30. The molecule has 0 atom stereocenters. The molecule has 1 aliphatic heterocycles. The maximum absolute atomic E-state index is 13.2. The van der Waals surface area contributed by atoms with E-state index in [1.807, 2.05) is 24.3 Å². The van der Waals surface area contributed by atoms with Gasteiger partial charge < -0.3 is 5.32 Å². The van der Waals surface area contributed by atoms with Crippen molar-refractivity contribution in [1.82, 2.24) is 0 Å². The normalized spacial score (nSPS) is 13.6. The standard InChI is InChI=1S/C22H19ClN2O3S/c23-20-9-3-2-8-19(20)22(26)24-17-11-13-18(14-12-17)29(27,28)25-15-5-7-16-6-1-4-10-21(16)25/h1-4,6,8-14H,5,7,15H2,(H,24,26). The molecule has 1 heterocycles. The van der Waals surface area contributed by atoms with Crippen molar-refractivity contribution in [2.45, 2.75) is 17.7 Å². The molecular formula is C22H19ClN2O3S. The van der Waals surface area contributed by atoms with E-state index in [9.17, 15) is 13.2 Å². The fourth-order valence-electron chi connectivity index (χ4n) is 3.43. The van der Waals surface area contributed by atoms with Crippen LogP contribution in [0.3, 0.4) is 0 Å². The summed E-state index contributed by atoms with van der Waals surface area (Å²) in [6, 6.07) is 20.5. The predicted octanol–water partition coefficient (Wildman–Crippen LogP) is 4.73. The number of amides is 1. The lowest BCUT2D eigenvalue weighted by Crippen LogP contribution is -2.35. The second-order valence-corrected chi connectivity index (χ2v) is 9.04. The fraction of sp³-hybridized carbons (Fsp3) is 0.136. The molecule has 0 radical (unpaired) electrons. The second-order valence-electron chi connectivity index (χ2n) is 6.77. The number of nitrogens with one attached hydrogen (secondary N) is 1. The Balaban J connectivity index is 1.57. The predicted molar refractivity (Wildman–Crippen MR) is 115 cm³/mol. The highest BCUT2D eigenvalue weighted by molar-refractivity contribution is 7.92. The summed E-state index contributed by atoms with van der Waals surface area (Å²) in [5.41, 5.74) is 2.62. The van der Waals surface area contributed by atoms with Crippen LogP contribution in [0.4, 0.5) is 11.4 Å². The van der Waals surface area contributed by atoms with E-state index in [1.165, 1.54) is 16.4 Å². The topological polar surface area (TPSA) is 66.5 Å². The van der Waals surface area contributed by atoms with Gasteiger partial charge in [-0.3, -0.25) is 9.10 Å². The monoisotopic (exact) mass is 426 g/mol. The van der Waals surface area contributed by atoms with Crippen LogP contribution in [0.1, 0.15) is 22.3 Å². The minimum absolute atomic E-state index is 0.185. The number of sulfonamides is 1. The van der Waals surface area contributed by atoms with Crippen molar-refractivity contribution < 1.29 is 13.2 Å². The first-order valence-corrected chi connectivity index (χ1v) is 11.1. The highest BCUT2D eigenvalue weighted by atomic mass is 35.5. The van der Waals surface area contributed by atoms with Gasteiger partial charge in [-0.05, 0) is 60.9 Å². The fourth-order valence-corrected chi connectivity index (χ4v) is 5.19. The van der Waals surface area contributed by atoms with Gasteiger partial charge in [0.15, 0.2) is 0 Å². The number of carbonyl (C=O) groups excluding carboxylic acids is 1. The first-order valence-electron chi connectivity index (χ1n) is 9.23. The highest BCUT2D eigenvalue weighted by Crippen LogP contribution is 2.32. The van der Waals surface area contributed by atoms with Gasteiger partial charge in [-0.15, -0.1) is 0 Å². The van der Waals surface area contributed by atoms with Gasteiger partial charge in [0, 0.05) is 12.2 Å². The van der Waals surface area contributed by atoms with E-state index in [1.54, 1.807) is 36.4 Å². The van der Waals surface area contributed by atoms with E-state index >= 15 is 0 Å². The number of hydrogen-bond acceptors (Lipinski definition) is 3. The molecular weight excluding hydrogens is 408 g/mol. The Morgan fingerprint density at radius 1 is 0.931 bits per heavy atom. The number of rotatable bonds is 4. The number of benzene rings is 3. The zero-order valence-corrected chi connectivity index (χ0v) is 17.1. The van der Waals surface area contributed by atoms with Gasteiger partial charge in [0.2, 0.25) is 0 Å². The third-order valence-electron chi connectivity index (χ3n) is 4.89. The van der Waals surface area contributed by atoms with Crippen molar-refractivity contribution in [3.63, 3.8) is 0 Å². The summed E-state index contributed by atoms with van der Waals surface area (Å²) in [5.74, 6) is -0.351. The van der Waals surface area contributed by atoms with E-state index in [-0.39, 0.29) is 10.8 Å². The van der Waals surface area contributed by atoms with Crippen molar-refractivity contribution in [3.05, 3.63) is 88.9 Å². The molecule has 0 unspecified atom stereocenters. The van der Waals surface area contributed by atoms with Crippen molar-refractivity contribution >= 4 is 38.9 Å². The number of para-hydroxylation sites is 1.